The van der Waals surface area contributed by atoms with Crippen LogP contribution in [0.5, 0.6) is 0 Å². The van der Waals surface area contributed by atoms with Gasteiger partial charge in [0.1, 0.15) is 4.84 Å². The third kappa shape index (κ3) is 10.3. The van der Waals surface area contributed by atoms with Crippen molar-refractivity contribution in [1.82, 2.24) is 0 Å². The lowest BCUT2D eigenvalue weighted by Gasteiger charge is -2.31. The highest BCUT2D eigenvalue weighted by molar-refractivity contribution is 6.44. The van der Waals surface area contributed by atoms with Gasteiger partial charge in [-0.25, -0.2) is 0 Å². The highest BCUT2D eigenvalue weighted by Crippen LogP contribution is 2.32. The van der Waals surface area contributed by atoms with E-state index in [1.807, 2.05) is 13.8 Å². The van der Waals surface area contributed by atoms with Gasteiger partial charge in [0.25, 0.3) is 0 Å². The van der Waals surface area contributed by atoms with Crippen LogP contribution in [-0.4, -0.2) is 16.0 Å². The average Bonchev–Trinajstić information content (AvgIpc) is 2.39. The van der Waals surface area contributed by atoms with Gasteiger partial charge in [-0.2, -0.15) is 0 Å². The van der Waals surface area contributed by atoms with E-state index in [9.17, 15) is 5.11 Å². The van der Waals surface area contributed by atoms with Crippen LogP contribution in [-0.2, 0) is 0 Å². The van der Waals surface area contributed by atoms with Crippen molar-refractivity contribution >= 4 is 23.2 Å². The number of unbranched alkanes of at least 4 members (excludes halogenated alkanes) is 9. The Kier molecular flexibility index (Phi) is 12.4. The predicted octanol–water partition coefficient (Wildman–Crippen LogP) is 6.49. The summed E-state index contributed by atoms with van der Waals surface area (Å²) in [6.07, 6.45) is 13.7. The number of halogens is 2. The molecule has 0 bridgehead atoms. The molecule has 0 aliphatic heterocycles. The molecule has 1 nitrogen and oxygen atoms in total. The molecule has 0 rings (SSSR count). The Morgan fingerprint density at radius 3 is 1.60 bits per heavy atom. The third-order valence-electron chi connectivity index (χ3n) is 4.21. The second kappa shape index (κ2) is 12.1. The molecule has 0 aromatic rings. The van der Waals surface area contributed by atoms with Crippen LogP contribution < -0.4 is 0 Å². The molecular weight excluding hydrogens is 291 g/mol. The van der Waals surface area contributed by atoms with E-state index in [2.05, 4.69) is 6.92 Å². The van der Waals surface area contributed by atoms with E-state index in [4.69, 9.17) is 23.2 Å². The van der Waals surface area contributed by atoms with Crippen molar-refractivity contribution in [2.24, 2.45) is 5.41 Å². The Morgan fingerprint density at radius 1 is 0.800 bits per heavy atom. The van der Waals surface area contributed by atoms with Crippen molar-refractivity contribution < 1.29 is 5.11 Å². The summed E-state index contributed by atoms with van der Waals surface area (Å²) < 4.78 is 0. The number of hydrogen-bond donors (Lipinski definition) is 1. The minimum absolute atomic E-state index is 0.186. The van der Waals surface area contributed by atoms with Crippen molar-refractivity contribution in [2.45, 2.75) is 102 Å². The van der Waals surface area contributed by atoms with Gasteiger partial charge in [0.15, 0.2) is 0 Å². The summed E-state index contributed by atoms with van der Waals surface area (Å²) in [7, 11) is 0. The molecular formula is C17H34Cl2O. The van der Waals surface area contributed by atoms with Crippen LogP contribution in [0.15, 0.2) is 0 Å². The van der Waals surface area contributed by atoms with Crippen LogP contribution in [0.1, 0.15) is 91.4 Å². The van der Waals surface area contributed by atoms with E-state index < -0.39 is 10.9 Å². The fraction of sp³-hybridized carbons (Fsp3) is 1.00. The molecule has 0 saturated carbocycles. The van der Waals surface area contributed by atoms with Crippen LogP contribution in [0.25, 0.3) is 0 Å². The number of alkyl halides is 2. The van der Waals surface area contributed by atoms with Gasteiger partial charge in [0.2, 0.25) is 0 Å². The Balaban J connectivity index is 3.43. The van der Waals surface area contributed by atoms with E-state index in [0.717, 1.165) is 12.8 Å². The van der Waals surface area contributed by atoms with Gasteiger partial charge < -0.3 is 5.11 Å². The SMILES string of the molecule is CCCCCCCCCCCCC(C)(C)C(O)C(Cl)Cl. The zero-order chi connectivity index (χ0) is 15.4. The van der Waals surface area contributed by atoms with Gasteiger partial charge in [-0.05, 0) is 11.8 Å². The molecule has 0 aliphatic carbocycles. The molecule has 0 amide bonds. The molecule has 0 heterocycles. The molecule has 20 heavy (non-hydrogen) atoms. The maximum absolute atomic E-state index is 9.93. The maximum Gasteiger partial charge on any atom is 0.134 e. The van der Waals surface area contributed by atoms with Crippen molar-refractivity contribution in [1.29, 1.82) is 0 Å². The first-order valence-corrected chi connectivity index (χ1v) is 9.25. The van der Waals surface area contributed by atoms with Crippen molar-refractivity contribution in [3.8, 4) is 0 Å². The summed E-state index contributed by atoms with van der Waals surface area (Å²) in [4.78, 5) is -0.687. The van der Waals surface area contributed by atoms with Crippen molar-refractivity contribution in [2.75, 3.05) is 0 Å². The minimum Gasteiger partial charge on any atom is -0.390 e. The van der Waals surface area contributed by atoms with Gasteiger partial charge in [-0.1, -0.05) is 85.0 Å². The first-order valence-electron chi connectivity index (χ1n) is 8.38. The average molecular weight is 325 g/mol. The summed E-state index contributed by atoms with van der Waals surface area (Å²) in [6.45, 7) is 6.35. The fourth-order valence-corrected chi connectivity index (χ4v) is 3.24. The highest BCUT2D eigenvalue weighted by Gasteiger charge is 2.31. The lowest BCUT2D eigenvalue weighted by Crippen LogP contribution is -2.34. The normalized spacial score (nSPS) is 13.9. The molecule has 0 aliphatic rings. The van der Waals surface area contributed by atoms with E-state index in [0.29, 0.717) is 0 Å². The van der Waals surface area contributed by atoms with E-state index in [1.54, 1.807) is 0 Å². The summed E-state index contributed by atoms with van der Waals surface area (Å²) in [5.74, 6) is 0. The monoisotopic (exact) mass is 324 g/mol. The first kappa shape index (κ1) is 20.5. The van der Waals surface area contributed by atoms with Gasteiger partial charge in [-0.3, -0.25) is 0 Å². The van der Waals surface area contributed by atoms with Gasteiger partial charge in [0, 0.05) is 0 Å². The van der Waals surface area contributed by atoms with Crippen LogP contribution in [0, 0.1) is 5.41 Å². The first-order chi connectivity index (χ1) is 9.41. The Labute approximate surface area is 136 Å². The lowest BCUT2D eigenvalue weighted by molar-refractivity contribution is 0.0531. The van der Waals surface area contributed by atoms with Gasteiger partial charge in [0.05, 0.1) is 6.10 Å². The maximum atomic E-state index is 9.93. The molecule has 0 spiro atoms. The number of aliphatic hydroxyl groups is 1. The molecule has 0 saturated heterocycles. The highest BCUT2D eigenvalue weighted by atomic mass is 35.5. The Hall–Kier alpha value is 0.540. The topological polar surface area (TPSA) is 20.2 Å². The van der Waals surface area contributed by atoms with Gasteiger partial charge in [-0.15, -0.1) is 23.2 Å². The third-order valence-corrected chi connectivity index (χ3v) is 4.69. The molecule has 3 heteroatoms. The van der Waals surface area contributed by atoms with E-state index in [-0.39, 0.29) is 5.41 Å². The van der Waals surface area contributed by atoms with Crippen LogP contribution >= 0.6 is 23.2 Å². The van der Waals surface area contributed by atoms with E-state index >= 15 is 0 Å². The van der Waals surface area contributed by atoms with Crippen LogP contribution in [0.2, 0.25) is 0 Å². The predicted molar refractivity (Wildman–Crippen MR) is 91.7 cm³/mol. The molecule has 0 fully saturated rings. The smallest absolute Gasteiger partial charge is 0.134 e. The lowest BCUT2D eigenvalue weighted by atomic mass is 9.82. The van der Waals surface area contributed by atoms with Gasteiger partial charge >= 0.3 is 0 Å². The molecule has 1 unspecified atom stereocenters. The number of aliphatic hydroxyl groups excluding tert-OH is 1. The number of rotatable bonds is 13. The van der Waals surface area contributed by atoms with Crippen LogP contribution in [0.3, 0.4) is 0 Å². The second-order valence-corrected chi connectivity index (χ2v) is 7.86. The molecule has 0 aromatic heterocycles. The Bertz CT molecular complexity index is 217. The molecule has 1 N–H and O–H groups in total. The quantitative estimate of drug-likeness (QED) is 0.303. The zero-order valence-corrected chi connectivity index (χ0v) is 15.1. The van der Waals surface area contributed by atoms with Crippen molar-refractivity contribution in [3.05, 3.63) is 0 Å². The number of hydrogen-bond acceptors (Lipinski definition) is 1. The summed E-state index contributed by atoms with van der Waals surface area (Å²) in [6, 6.07) is 0. The van der Waals surface area contributed by atoms with Crippen molar-refractivity contribution in [3.63, 3.8) is 0 Å². The Morgan fingerprint density at radius 2 is 1.20 bits per heavy atom. The van der Waals surface area contributed by atoms with Crippen LogP contribution in [0.4, 0.5) is 0 Å². The summed E-state index contributed by atoms with van der Waals surface area (Å²) in [5.41, 5.74) is -0.186. The molecule has 0 aromatic carbocycles. The standard InChI is InChI=1S/C17H34Cl2O/c1-4-5-6-7-8-9-10-11-12-13-14-17(2,3)15(20)16(18)19/h15-16,20H,4-14H2,1-3H3. The minimum atomic E-state index is -0.687. The second-order valence-electron chi connectivity index (χ2n) is 6.70. The summed E-state index contributed by atoms with van der Waals surface area (Å²) in [5, 5.41) is 9.93. The zero-order valence-electron chi connectivity index (χ0n) is 13.6. The molecule has 1 atom stereocenters. The molecule has 122 valence electrons. The largest absolute Gasteiger partial charge is 0.390 e. The van der Waals surface area contributed by atoms with E-state index in [1.165, 1.54) is 57.8 Å². The summed E-state index contributed by atoms with van der Waals surface area (Å²) >= 11 is 11.5. The molecule has 0 radical (unpaired) electrons. The fourth-order valence-electron chi connectivity index (χ4n) is 2.56.